The van der Waals surface area contributed by atoms with Crippen LogP contribution in [0, 0.1) is 6.92 Å². The highest BCUT2D eigenvalue weighted by atomic mass is 16.5. The van der Waals surface area contributed by atoms with Crippen LogP contribution in [-0.2, 0) is 25.5 Å². The van der Waals surface area contributed by atoms with Crippen LogP contribution in [0.1, 0.15) is 35.0 Å². The third-order valence-corrected chi connectivity index (χ3v) is 4.98. The number of carbonyl (C=O) groups is 4. The van der Waals surface area contributed by atoms with Gasteiger partial charge in [-0.1, -0.05) is 29.8 Å². The second kappa shape index (κ2) is 11.0. The molecule has 1 aromatic heterocycles. The maximum absolute atomic E-state index is 12.7. The summed E-state index contributed by atoms with van der Waals surface area (Å²) in [6, 6.07) is 17.0. The van der Waals surface area contributed by atoms with Crippen LogP contribution < -0.4 is 10.7 Å². The Morgan fingerprint density at radius 3 is 2.21 bits per heavy atom. The second-order valence-electron chi connectivity index (χ2n) is 7.50. The number of rotatable bonds is 8. The van der Waals surface area contributed by atoms with E-state index in [0.717, 1.165) is 11.1 Å². The van der Waals surface area contributed by atoms with Crippen molar-refractivity contribution in [1.29, 1.82) is 0 Å². The number of amides is 2. The molecule has 3 rings (SSSR count). The van der Waals surface area contributed by atoms with Gasteiger partial charge in [0.25, 0.3) is 0 Å². The van der Waals surface area contributed by atoms with Crippen molar-refractivity contribution in [3.05, 3.63) is 77.5 Å². The summed E-state index contributed by atoms with van der Waals surface area (Å²) in [5.41, 5.74) is 6.21. The van der Waals surface area contributed by atoms with Gasteiger partial charge in [0.1, 0.15) is 0 Å². The van der Waals surface area contributed by atoms with Gasteiger partial charge < -0.3 is 15.2 Å². The Morgan fingerprint density at radius 2 is 1.59 bits per heavy atom. The highest BCUT2D eigenvalue weighted by molar-refractivity contribution is 6.42. The first-order valence-corrected chi connectivity index (χ1v) is 10.7. The Bertz CT molecular complexity index is 1200. The van der Waals surface area contributed by atoms with E-state index in [9.17, 15) is 19.2 Å². The first-order valence-electron chi connectivity index (χ1n) is 10.7. The Balaban J connectivity index is 1.77. The van der Waals surface area contributed by atoms with Gasteiger partial charge in [0.2, 0.25) is 0 Å². The minimum Gasteiger partial charge on any atom is -0.481 e. The number of anilines is 1. The summed E-state index contributed by atoms with van der Waals surface area (Å²) < 4.78 is 6.35. The number of ether oxygens (including phenoxy) is 1. The molecule has 0 fully saturated rings. The number of aromatic nitrogens is 1. The molecule has 9 heteroatoms. The number of aliphatic carboxylic acids is 1. The molecule has 0 radical (unpaired) electrons. The van der Waals surface area contributed by atoms with Crippen LogP contribution in [0.25, 0.3) is 11.3 Å². The number of benzene rings is 2. The maximum atomic E-state index is 12.7. The Labute approximate surface area is 196 Å². The summed E-state index contributed by atoms with van der Waals surface area (Å²) in [7, 11) is 0. The minimum absolute atomic E-state index is 0.133. The van der Waals surface area contributed by atoms with E-state index in [4.69, 9.17) is 9.84 Å². The van der Waals surface area contributed by atoms with Crippen LogP contribution in [0.4, 0.5) is 5.69 Å². The van der Waals surface area contributed by atoms with Crippen molar-refractivity contribution in [2.24, 2.45) is 0 Å². The van der Waals surface area contributed by atoms with Crippen LogP contribution in [-0.4, -0.2) is 40.1 Å². The van der Waals surface area contributed by atoms with Crippen molar-refractivity contribution < 1.29 is 29.0 Å². The van der Waals surface area contributed by atoms with Crippen molar-refractivity contribution in [1.82, 2.24) is 4.68 Å². The number of carboxylic acids is 1. The zero-order valence-electron chi connectivity index (χ0n) is 18.8. The Kier molecular flexibility index (Phi) is 7.81. The summed E-state index contributed by atoms with van der Waals surface area (Å²) >= 11 is 0. The fraction of sp³-hybridized carbons (Fsp3) is 0.200. The standard InChI is InChI=1S/C25H25N3O6/c1-3-34-25(33)18-8-10-19(11-9-18)26-23(31)24(32)27-28-20(13-15-22(29)30)12-14-21(28)17-6-4-16(2)5-7-17/h4-12,14H,3,13,15H2,1-2H3,(H,26,31)(H,27,32)(H,29,30). The molecule has 0 saturated carbocycles. The molecule has 0 bridgehead atoms. The van der Waals surface area contributed by atoms with Crippen LogP contribution in [0.3, 0.4) is 0 Å². The lowest BCUT2D eigenvalue weighted by molar-refractivity contribution is -0.137. The van der Waals surface area contributed by atoms with Gasteiger partial charge in [-0.3, -0.25) is 24.5 Å². The number of hydrogen-bond acceptors (Lipinski definition) is 5. The van der Waals surface area contributed by atoms with Gasteiger partial charge in [0, 0.05) is 23.4 Å². The molecule has 3 aromatic rings. The van der Waals surface area contributed by atoms with Gasteiger partial charge in [0.05, 0.1) is 24.3 Å². The summed E-state index contributed by atoms with van der Waals surface area (Å²) in [5, 5.41) is 11.5. The van der Waals surface area contributed by atoms with E-state index in [1.807, 2.05) is 31.2 Å². The fourth-order valence-corrected chi connectivity index (χ4v) is 3.23. The maximum Gasteiger partial charge on any atom is 0.338 e. The molecule has 0 aliphatic rings. The van der Waals surface area contributed by atoms with Gasteiger partial charge in [-0.15, -0.1) is 0 Å². The number of nitrogens with one attached hydrogen (secondary N) is 2. The van der Waals surface area contributed by atoms with E-state index in [1.54, 1.807) is 19.1 Å². The van der Waals surface area contributed by atoms with E-state index >= 15 is 0 Å². The van der Waals surface area contributed by atoms with E-state index < -0.39 is 23.8 Å². The van der Waals surface area contributed by atoms with E-state index in [2.05, 4.69) is 10.7 Å². The molecule has 3 N–H and O–H groups in total. The SMILES string of the molecule is CCOC(=O)c1ccc(NC(=O)C(=O)Nn2c(CCC(=O)O)ccc2-c2ccc(C)cc2)cc1. The van der Waals surface area contributed by atoms with Crippen molar-refractivity contribution in [2.75, 3.05) is 17.3 Å². The lowest BCUT2D eigenvalue weighted by atomic mass is 10.1. The highest BCUT2D eigenvalue weighted by Crippen LogP contribution is 2.23. The molecule has 1 heterocycles. The predicted octanol–water partition coefficient (Wildman–Crippen LogP) is 3.37. The molecule has 0 unspecified atom stereocenters. The van der Waals surface area contributed by atoms with Gasteiger partial charge in [0.15, 0.2) is 0 Å². The lowest BCUT2D eigenvalue weighted by Gasteiger charge is -2.15. The molecule has 2 aromatic carbocycles. The molecular formula is C25H25N3O6. The summed E-state index contributed by atoms with van der Waals surface area (Å²) in [4.78, 5) is 48.0. The van der Waals surface area contributed by atoms with Crippen molar-refractivity contribution in [2.45, 2.75) is 26.7 Å². The van der Waals surface area contributed by atoms with Crippen LogP contribution in [0.5, 0.6) is 0 Å². The molecule has 176 valence electrons. The number of carboxylic acid groups (broad SMARTS) is 1. The number of hydrogen-bond donors (Lipinski definition) is 3. The molecule has 0 atom stereocenters. The Hall–Kier alpha value is -4.40. The molecular weight excluding hydrogens is 438 g/mol. The largest absolute Gasteiger partial charge is 0.481 e. The first-order chi connectivity index (χ1) is 16.3. The topological polar surface area (TPSA) is 127 Å². The smallest absolute Gasteiger partial charge is 0.338 e. The van der Waals surface area contributed by atoms with Gasteiger partial charge in [-0.2, -0.15) is 0 Å². The van der Waals surface area contributed by atoms with Crippen molar-refractivity contribution in [3.63, 3.8) is 0 Å². The summed E-state index contributed by atoms with van der Waals surface area (Å²) in [6.45, 7) is 3.90. The predicted molar refractivity (Wildman–Crippen MR) is 126 cm³/mol. The van der Waals surface area contributed by atoms with Gasteiger partial charge >= 0.3 is 23.8 Å². The van der Waals surface area contributed by atoms with Crippen LogP contribution in [0.15, 0.2) is 60.7 Å². The Morgan fingerprint density at radius 1 is 0.912 bits per heavy atom. The highest BCUT2D eigenvalue weighted by Gasteiger charge is 2.19. The second-order valence-corrected chi connectivity index (χ2v) is 7.50. The molecule has 34 heavy (non-hydrogen) atoms. The molecule has 9 nitrogen and oxygen atoms in total. The average molecular weight is 463 g/mol. The quantitative estimate of drug-likeness (QED) is 0.347. The van der Waals surface area contributed by atoms with Gasteiger partial charge in [-0.05, 0) is 50.2 Å². The molecule has 2 amide bonds. The minimum atomic E-state index is -0.972. The van der Waals surface area contributed by atoms with Crippen LogP contribution >= 0.6 is 0 Å². The average Bonchev–Trinajstić information content (AvgIpc) is 3.21. The number of carbonyl (C=O) groups excluding carboxylic acids is 3. The van der Waals surface area contributed by atoms with E-state index in [0.29, 0.717) is 22.6 Å². The lowest BCUT2D eigenvalue weighted by Crippen LogP contribution is -2.35. The zero-order valence-corrected chi connectivity index (χ0v) is 18.8. The van der Waals surface area contributed by atoms with Gasteiger partial charge in [-0.25, -0.2) is 4.79 Å². The number of aryl methyl sites for hydroxylation is 2. The third kappa shape index (κ3) is 6.10. The normalized spacial score (nSPS) is 10.4. The summed E-state index contributed by atoms with van der Waals surface area (Å²) in [5.74, 6) is -3.31. The monoisotopic (exact) mass is 463 g/mol. The number of nitrogens with zero attached hydrogens (tertiary/aromatic N) is 1. The van der Waals surface area contributed by atoms with E-state index in [1.165, 1.54) is 28.9 Å². The number of esters is 1. The third-order valence-electron chi connectivity index (χ3n) is 4.98. The zero-order chi connectivity index (χ0) is 24.7. The molecule has 0 spiro atoms. The van der Waals surface area contributed by atoms with Crippen molar-refractivity contribution >= 4 is 29.4 Å². The van der Waals surface area contributed by atoms with E-state index in [-0.39, 0.29) is 19.4 Å². The summed E-state index contributed by atoms with van der Waals surface area (Å²) in [6.07, 6.45) is 0.0324. The van der Waals surface area contributed by atoms with Crippen molar-refractivity contribution in [3.8, 4) is 11.3 Å². The first kappa shape index (κ1) is 24.2. The molecule has 0 saturated heterocycles. The molecule has 0 aliphatic carbocycles. The van der Waals surface area contributed by atoms with Crippen LogP contribution in [0.2, 0.25) is 0 Å². The molecule has 0 aliphatic heterocycles. The fourth-order valence-electron chi connectivity index (χ4n) is 3.23.